The average Bonchev–Trinajstić information content (AvgIpc) is 2.93. The lowest BCUT2D eigenvalue weighted by Crippen LogP contribution is -2.35. The van der Waals surface area contributed by atoms with Gasteiger partial charge in [-0.15, -0.1) is 0 Å². The molecule has 0 aliphatic carbocycles. The van der Waals surface area contributed by atoms with Crippen LogP contribution in [-0.2, 0) is 4.74 Å². The highest BCUT2D eigenvalue weighted by molar-refractivity contribution is 5.90. The summed E-state index contributed by atoms with van der Waals surface area (Å²) in [5, 5.41) is 9.04. The fourth-order valence-corrected chi connectivity index (χ4v) is 2.12. The number of carboxylic acid groups (broad SMARTS) is 1. The van der Waals surface area contributed by atoms with Crippen LogP contribution >= 0.6 is 0 Å². The molecule has 1 N–H and O–H groups in total. The molecule has 1 atom stereocenters. The van der Waals surface area contributed by atoms with Gasteiger partial charge in [-0.3, -0.25) is 4.90 Å². The second-order valence-electron chi connectivity index (χ2n) is 4.65. The molecule has 0 bridgehead atoms. The van der Waals surface area contributed by atoms with Crippen LogP contribution in [0.25, 0.3) is 0 Å². The Balaban J connectivity index is 1.83. The molecule has 0 spiro atoms. The van der Waals surface area contributed by atoms with Gasteiger partial charge in [-0.1, -0.05) is 12.1 Å². The largest absolute Gasteiger partial charge is 0.491 e. The molecule has 19 heavy (non-hydrogen) atoms. The Morgan fingerprint density at radius 1 is 1.53 bits per heavy atom. The number of rotatable bonds is 6. The molecule has 1 aliphatic heterocycles. The first-order valence-corrected chi connectivity index (χ1v) is 6.41. The van der Waals surface area contributed by atoms with E-state index in [1.807, 2.05) is 7.05 Å². The Morgan fingerprint density at radius 3 is 3.00 bits per heavy atom. The van der Waals surface area contributed by atoms with Crippen LogP contribution in [0, 0.1) is 0 Å². The van der Waals surface area contributed by atoms with Crippen molar-refractivity contribution in [3.05, 3.63) is 29.8 Å². The highest BCUT2D eigenvalue weighted by atomic mass is 16.5. The molecule has 1 aromatic carbocycles. The standard InChI is InChI=1S/C14H19NO4/c1-15(11-6-8-18-10-11)7-9-19-13-5-3-2-4-12(13)14(16)17/h2-5,11H,6-10H2,1H3,(H,16,17). The smallest absolute Gasteiger partial charge is 0.339 e. The van der Waals surface area contributed by atoms with E-state index in [0.717, 1.165) is 26.2 Å². The molecule has 0 aromatic heterocycles. The summed E-state index contributed by atoms with van der Waals surface area (Å²) < 4.78 is 10.9. The molecule has 0 amide bonds. The van der Waals surface area contributed by atoms with Crippen LogP contribution in [0.1, 0.15) is 16.8 Å². The van der Waals surface area contributed by atoms with E-state index in [-0.39, 0.29) is 5.56 Å². The average molecular weight is 265 g/mol. The van der Waals surface area contributed by atoms with Crippen molar-refractivity contribution < 1.29 is 19.4 Å². The van der Waals surface area contributed by atoms with Crippen LogP contribution in [0.4, 0.5) is 0 Å². The van der Waals surface area contributed by atoms with E-state index in [1.165, 1.54) is 0 Å². The third-order valence-electron chi connectivity index (χ3n) is 3.35. The zero-order valence-corrected chi connectivity index (χ0v) is 11.0. The quantitative estimate of drug-likeness (QED) is 0.844. The molecule has 2 rings (SSSR count). The number of likely N-dealkylation sites (N-methyl/N-ethyl adjacent to an activating group) is 1. The van der Waals surface area contributed by atoms with Gasteiger partial charge in [-0.05, 0) is 25.6 Å². The molecule has 104 valence electrons. The van der Waals surface area contributed by atoms with E-state index in [1.54, 1.807) is 24.3 Å². The van der Waals surface area contributed by atoms with Gasteiger partial charge < -0.3 is 14.6 Å². The number of hydrogen-bond donors (Lipinski definition) is 1. The van der Waals surface area contributed by atoms with Crippen molar-refractivity contribution in [1.29, 1.82) is 0 Å². The van der Waals surface area contributed by atoms with Gasteiger partial charge in [0, 0.05) is 19.2 Å². The third kappa shape index (κ3) is 3.68. The second-order valence-corrected chi connectivity index (χ2v) is 4.65. The number of benzene rings is 1. The highest BCUT2D eigenvalue weighted by Gasteiger charge is 2.20. The number of carboxylic acids is 1. The summed E-state index contributed by atoms with van der Waals surface area (Å²) in [6.45, 7) is 2.80. The van der Waals surface area contributed by atoms with E-state index in [9.17, 15) is 4.79 Å². The Morgan fingerprint density at radius 2 is 2.32 bits per heavy atom. The van der Waals surface area contributed by atoms with Gasteiger partial charge in [0.25, 0.3) is 0 Å². The van der Waals surface area contributed by atoms with E-state index in [2.05, 4.69) is 4.90 Å². The van der Waals surface area contributed by atoms with Crippen LogP contribution < -0.4 is 4.74 Å². The summed E-state index contributed by atoms with van der Waals surface area (Å²) in [6.07, 6.45) is 1.04. The number of hydrogen-bond acceptors (Lipinski definition) is 4. The van der Waals surface area contributed by atoms with Crippen LogP contribution in [0.2, 0.25) is 0 Å². The molecule has 1 fully saturated rings. The minimum absolute atomic E-state index is 0.203. The Kier molecular flexibility index (Phi) is 4.76. The lowest BCUT2D eigenvalue weighted by atomic mass is 10.2. The molecule has 5 nitrogen and oxygen atoms in total. The Hall–Kier alpha value is -1.59. The fraction of sp³-hybridized carbons (Fsp3) is 0.500. The maximum Gasteiger partial charge on any atom is 0.339 e. The maximum absolute atomic E-state index is 11.0. The lowest BCUT2D eigenvalue weighted by Gasteiger charge is -2.22. The molecule has 0 radical (unpaired) electrons. The molecule has 0 saturated carbocycles. The monoisotopic (exact) mass is 265 g/mol. The normalized spacial score (nSPS) is 18.7. The molecular formula is C14H19NO4. The number of para-hydroxylation sites is 1. The summed E-state index contributed by atoms with van der Waals surface area (Å²) in [6, 6.07) is 7.14. The minimum Gasteiger partial charge on any atom is -0.491 e. The van der Waals surface area contributed by atoms with Gasteiger partial charge in [-0.2, -0.15) is 0 Å². The second kappa shape index (κ2) is 6.54. The van der Waals surface area contributed by atoms with Crippen LogP contribution in [0.15, 0.2) is 24.3 Å². The lowest BCUT2D eigenvalue weighted by molar-refractivity contribution is 0.0691. The molecule has 1 aliphatic rings. The summed E-state index contributed by atoms with van der Waals surface area (Å²) in [5.41, 5.74) is 0.203. The van der Waals surface area contributed by atoms with Gasteiger partial charge in [-0.25, -0.2) is 4.79 Å². The predicted octanol–water partition coefficient (Wildman–Crippen LogP) is 1.48. The Labute approximate surface area is 112 Å². The first kappa shape index (κ1) is 13.8. The zero-order chi connectivity index (χ0) is 13.7. The van der Waals surface area contributed by atoms with E-state index in [4.69, 9.17) is 14.6 Å². The summed E-state index contributed by atoms with van der Waals surface area (Å²) in [7, 11) is 2.03. The number of ether oxygens (including phenoxy) is 2. The van der Waals surface area contributed by atoms with Crippen LogP contribution in [-0.4, -0.2) is 55.4 Å². The minimum atomic E-state index is -0.965. The van der Waals surface area contributed by atoms with Crippen LogP contribution in [0.3, 0.4) is 0 Å². The summed E-state index contributed by atoms with van der Waals surface area (Å²) >= 11 is 0. The molecule has 5 heteroatoms. The predicted molar refractivity (Wildman–Crippen MR) is 70.8 cm³/mol. The molecule has 1 aromatic rings. The van der Waals surface area contributed by atoms with Crippen molar-refractivity contribution in [3.8, 4) is 5.75 Å². The van der Waals surface area contributed by atoms with Gasteiger partial charge in [0.2, 0.25) is 0 Å². The third-order valence-corrected chi connectivity index (χ3v) is 3.35. The van der Waals surface area contributed by atoms with Crippen molar-refractivity contribution in [2.75, 3.05) is 33.4 Å². The molecular weight excluding hydrogens is 246 g/mol. The van der Waals surface area contributed by atoms with E-state index < -0.39 is 5.97 Å². The Bertz CT molecular complexity index is 429. The zero-order valence-electron chi connectivity index (χ0n) is 11.0. The first-order valence-electron chi connectivity index (χ1n) is 6.41. The van der Waals surface area contributed by atoms with Crippen molar-refractivity contribution in [2.24, 2.45) is 0 Å². The van der Waals surface area contributed by atoms with Gasteiger partial charge >= 0.3 is 5.97 Å². The van der Waals surface area contributed by atoms with Gasteiger partial charge in [0.05, 0.1) is 6.61 Å². The van der Waals surface area contributed by atoms with E-state index in [0.29, 0.717) is 18.4 Å². The fourth-order valence-electron chi connectivity index (χ4n) is 2.12. The van der Waals surface area contributed by atoms with Crippen molar-refractivity contribution in [3.63, 3.8) is 0 Å². The van der Waals surface area contributed by atoms with Gasteiger partial charge in [0.1, 0.15) is 17.9 Å². The molecule has 1 unspecified atom stereocenters. The van der Waals surface area contributed by atoms with E-state index >= 15 is 0 Å². The molecule has 1 saturated heterocycles. The van der Waals surface area contributed by atoms with Gasteiger partial charge in [0.15, 0.2) is 0 Å². The highest BCUT2D eigenvalue weighted by Crippen LogP contribution is 2.18. The summed E-state index contributed by atoms with van der Waals surface area (Å²) in [5.74, 6) is -0.542. The SMILES string of the molecule is CN(CCOc1ccccc1C(=O)O)C1CCOC1. The number of aromatic carboxylic acids is 1. The first-order chi connectivity index (χ1) is 9.18. The number of carbonyl (C=O) groups is 1. The summed E-state index contributed by atoms with van der Waals surface area (Å²) in [4.78, 5) is 13.2. The number of nitrogens with zero attached hydrogens (tertiary/aromatic N) is 1. The van der Waals surface area contributed by atoms with Crippen molar-refractivity contribution in [1.82, 2.24) is 4.90 Å². The van der Waals surface area contributed by atoms with Crippen molar-refractivity contribution >= 4 is 5.97 Å². The van der Waals surface area contributed by atoms with Crippen LogP contribution in [0.5, 0.6) is 5.75 Å². The molecule has 1 heterocycles. The topological polar surface area (TPSA) is 59.0 Å². The van der Waals surface area contributed by atoms with Crippen molar-refractivity contribution in [2.45, 2.75) is 12.5 Å². The maximum atomic E-state index is 11.0.